The highest BCUT2D eigenvalue weighted by Gasteiger charge is 2.45. The first-order valence-corrected chi connectivity index (χ1v) is 10.7. The molecule has 1 amide bonds. The number of rotatable bonds is 17. The van der Waals surface area contributed by atoms with Crippen LogP contribution in [-0.4, -0.2) is 40.0 Å². The molecule has 2 atom stereocenters. The highest BCUT2D eigenvalue weighted by atomic mass is 16.4. The summed E-state index contributed by atoms with van der Waals surface area (Å²) in [6.45, 7) is 9.32. The van der Waals surface area contributed by atoms with E-state index in [0.717, 1.165) is 57.9 Å². The van der Waals surface area contributed by atoms with Crippen LogP contribution in [0, 0.1) is 0 Å². The number of aliphatic carboxylic acids is 1. The Morgan fingerprint density at radius 3 is 2.04 bits per heavy atom. The van der Waals surface area contributed by atoms with Gasteiger partial charge in [-0.15, -0.1) is 0 Å². The van der Waals surface area contributed by atoms with Gasteiger partial charge in [-0.25, -0.2) is 0 Å². The molecule has 0 spiro atoms. The number of carbonyl (C=O) groups excluding carboxylic acids is 1. The third-order valence-corrected chi connectivity index (χ3v) is 5.48. The maximum absolute atomic E-state index is 12.5. The van der Waals surface area contributed by atoms with Crippen molar-refractivity contribution >= 4 is 11.9 Å². The monoisotopic (exact) mass is 370 g/mol. The number of nitrogens with two attached hydrogens (primary N) is 1. The Kier molecular flexibility index (Phi) is 13.4. The maximum atomic E-state index is 12.5. The molecule has 5 nitrogen and oxygen atoms in total. The molecule has 0 aromatic heterocycles. The van der Waals surface area contributed by atoms with E-state index < -0.39 is 17.4 Å². The van der Waals surface area contributed by atoms with Crippen molar-refractivity contribution in [3.05, 3.63) is 0 Å². The molecule has 0 aromatic carbocycles. The minimum Gasteiger partial charge on any atom is -0.480 e. The zero-order valence-corrected chi connectivity index (χ0v) is 17.6. The number of nitrogens with zero attached hydrogens (tertiary/aromatic N) is 1. The van der Waals surface area contributed by atoms with Crippen molar-refractivity contribution < 1.29 is 14.7 Å². The number of primary amides is 1. The fourth-order valence-corrected chi connectivity index (χ4v) is 3.83. The lowest BCUT2D eigenvalue weighted by molar-refractivity contribution is -0.156. The fourth-order valence-electron chi connectivity index (χ4n) is 3.83. The lowest BCUT2D eigenvalue weighted by atomic mass is 9.83. The minimum atomic E-state index is -0.979. The quantitative estimate of drug-likeness (QED) is 0.363. The zero-order valence-electron chi connectivity index (χ0n) is 17.6. The first-order valence-electron chi connectivity index (χ1n) is 10.7. The van der Waals surface area contributed by atoms with Gasteiger partial charge in [-0.2, -0.15) is 0 Å². The van der Waals surface area contributed by atoms with E-state index in [1.807, 2.05) is 0 Å². The van der Waals surface area contributed by atoms with Crippen LogP contribution < -0.4 is 5.73 Å². The number of carboxylic acid groups (broad SMARTS) is 1. The van der Waals surface area contributed by atoms with Crippen LogP contribution in [0.3, 0.4) is 0 Å². The van der Waals surface area contributed by atoms with Crippen LogP contribution in [0.4, 0.5) is 0 Å². The van der Waals surface area contributed by atoms with E-state index in [0.29, 0.717) is 12.8 Å². The summed E-state index contributed by atoms with van der Waals surface area (Å²) in [5, 5.41) is 10.3. The van der Waals surface area contributed by atoms with Crippen molar-refractivity contribution in [3.63, 3.8) is 0 Å². The molecule has 0 aromatic rings. The molecule has 0 radical (unpaired) electrons. The number of unbranched alkanes of at least 4 members (excludes halogenated alkanes) is 4. The van der Waals surface area contributed by atoms with Crippen molar-refractivity contribution in [2.45, 2.75) is 116 Å². The number of hydrogen-bond acceptors (Lipinski definition) is 3. The minimum absolute atomic E-state index is 0.129. The standard InChI is InChI=1S/C21H42N2O3/c1-5-9-12-13-18(8-4)23(17-11-7-3)21(20(25)26,15-10-6-2)16-14-19(22)24/h18H,5-17H2,1-4H3,(H2,22,24)(H,25,26). The fraction of sp³-hybridized carbons (Fsp3) is 0.905. The molecule has 0 saturated heterocycles. The van der Waals surface area contributed by atoms with Crippen LogP contribution in [0.1, 0.15) is 105 Å². The van der Waals surface area contributed by atoms with Gasteiger partial charge < -0.3 is 10.8 Å². The van der Waals surface area contributed by atoms with Crippen LogP contribution in [0.15, 0.2) is 0 Å². The van der Waals surface area contributed by atoms with Gasteiger partial charge in [0.15, 0.2) is 0 Å². The first kappa shape index (κ1) is 24.9. The SMILES string of the molecule is CCCCCC(CC)N(CCCC)C(CCCC)(CCC(N)=O)C(=O)O. The Morgan fingerprint density at radius 2 is 1.58 bits per heavy atom. The Balaban J connectivity index is 5.75. The molecule has 0 fully saturated rings. The van der Waals surface area contributed by atoms with Gasteiger partial charge in [-0.3, -0.25) is 14.5 Å². The Hall–Kier alpha value is -1.10. The van der Waals surface area contributed by atoms with Crippen LogP contribution in [-0.2, 0) is 9.59 Å². The smallest absolute Gasteiger partial charge is 0.324 e. The van der Waals surface area contributed by atoms with Crippen molar-refractivity contribution in [3.8, 4) is 0 Å². The van der Waals surface area contributed by atoms with Crippen molar-refractivity contribution in [2.75, 3.05) is 6.54 Å². The van der Waals surface area contributed by atoms with Gasteiger partial charge in [0, 0.05) is 12.5 Å². The molecule has 154 valence electrons. The molecule has 0 saturated carbocycles. The summed E-state index contributed by atoms with van der Waals surface area (Å²) >= 11 is 0. The molecule has 0 heterocycles. The van der Waals surface area contributed by atoms with Gasteiger partial charge in [0.25, 0.3) is 0 Å². The third-order valence-electron chi connectivity index (χ3n) is 5.48. The van der Waals surface area contributed by atoms with Gasteiger partial charge in [0.2, 0.25) is 5.91 Å². The molecule has 2 unspecified atom stereocenters. The summed E-state index contributed by atoms with van der Waals surface area (Å²) < 4.78 is 0. The molecule has 0 rings (SSSR count). The van der Waals surface area contributed by atoms with Crippen molar-refractivity contribution in [2.24, 2.45) is 5.73 Å². The van der Waals surface area contributed by atoms with Gasteiger partial charge in [0.05, 0.1) is 0 Å². The summed E-state index contributed by atoms with van der Waals surface area (Å²) in [5.74, 6) is -1.21. The molecule has 0 aliphatic rings. The second-order valence-electron chi connectivity index (χ2n) is 7.51. The molecule has 3 N–H and O–H groups in total. The highest BCUT2D eigenvalue weighted by molar-refractivity contribution is 5.81. The van der Waals surface area contributed by atoms with Gasteiger partial charge in [-0.1, -0.05) is 66.2 Å². The molecular formula is C21H42N2O3. The molecule has 0 aliphatic heterocycles. The molecule has 0 bridgehead atoms. The second-order valence-corrected chi connectivity index (χ2v) is 7.51. The summed E-state index contributed by atoms with van der Waals surface area (Å²) in [5.41, 5.74) is 4.41. The van der Waals surface area contributed by atoms with E-state index in [1.165, 1.54) is 6.42 Å². The zero-order chi connectivity index (χ0) is 20.0. The first-order chi connectivity index (χ1) is 12.4. The van der Waals surface area contributed by atoms with E-state index in [-0.39, 0.29) is 12.5 Å². The second kappa shape index (κ2) is 14.0. The summed E-state index contributed by atoms with van der Waals surface area (Å²) in [7, 11) is 0. The van der Waals surface area contributed by atoms with E-state index >= 15 is 0 Å². The predicted octanol–water partition coefficient (Wildman–Crippen LogP) is 4.73. The summed E-state index contributed by atoms with van der Waals surface area (Å²) in [6.07, 6.45) is 10.2. The van der Waals surface area contributed by atoms with Crippen LogP contribution >= 0.6 is 0 Å². The number of carbonyl (C=O) groups is 2. The molecular weight excluding hydrogens is 328 g/mol. The van der Waals surface area contributed by atoms with Gasteiger partial charge >= 0.3 is 5.97 Å². The highest BCUT2D eigenvalue weighted by Crippen LogP contribution is 2.33. The van der Waals surface area contributed by atoms with Crippen LogP contribution in [0.2, 0.25) is 0 Å². The van der Waals surface area contributed by atoms with E-state index in [4.69, 9.17) is 5.73 Å². The van der Waals surface area contributed by atoms with Gasteiger partial charge in [-0.05, 0) is 38.6 Å². The van der Waals surface area contributed by atoms with Crippen LogP contribution in [0.25, 0.3) is 0 Å². The van der Waals surface area contributed by atoms with Crippen molar-refractivity contribution in [1.29, 1.82) is 0 Å². The average Bonchev–Trinajstić information content (AvgIpc) is 2.61. The van der Waals surface area contributed by atoms with E-state index in [2.05, 4.69) is 32.6 Å². The van der Waals surface area contributed by atoms with Gasteiger partial charge in [0.1, 0.15) is 5.54 Å². The number of amides is 1. The molecule has 26 heavy (non-hydrogen) atoms. The number of carboxylic acids is 1. The largest absolute Gasteiger partial charge is 0.480 e. The summed E-state index contributed by atoms with van der Waals surface area (Å²) in [6, 6.07) is 0.244. The summed E-state index contributed by atoms with van der Waals surface area (Å²) in [4.78, 5) is 26.2. The lowest BCUT2D eigenvalue weighted by Gasteiger charge is -2.45. The van der Waals surface area contributed by atoms with E-state index in [9.17, 15) is 14.7 Å². The Labute approximate surface area is 160 Å². The van der Waals surface area contributed by atoms with E-state index in [1.54, 1.807) is 0 Å². The lowest BCUT2D eigenvalue weighted by Crippen LogP contribution is -2.59. The number of hydrogen-bond donors (Lipinski definition) is 2. The van der Waals surface area contributed by atoms with Crippen molar-refractivity contribution in [1.82, 2.24) is 4.90 Å². The third kappa shape index (κ3) is 8.07. The maximum Gasteiger partial charge on any atom is 0.324 e. The predicted molar refractivity (Wildman–Crippen MR) is 108 cm³/mol. The normalized spacial score (nSPS) is 15.0. The Bertz CT molecular complexity index is 401. The topological polar surface area (TPSA) is 83.6 Å². The Morgan fingerprint density at radius 1 is 0.962 bits per heavy atom. The van der Waals surface area contributed by atoms with Crippen LogP contribution in [0.5, 0.6) is 0 Å². The molecule has 0 aliphatic carbocycles. The average molecular weight is 371 g/mol. The molecule has 5 heteroatoms.